The van der Waals surface area contributed by atoms with E-state index in [0.717, 1.165) is 5.69 Å². The van der Waals surface area contributed by atoms with Crippen LogP contribution in [0, 0.1) is 20.8 Å². The first-order valence-electron chi connectivity index (χ1n) is 6.81. The molecule has 7 nitrogen and oxygen atoms in total. The zero-order chi connectivity index (χ0) is 15.6. The van der Waals surface area contributed by atoms with Crippen LogP contribution in [0.4, 0.5) is 0 Å². The Morgan fingerprint density at radius 3 is 2.52 bits per heavy atom. The van der Waals surface area contributed by atoms with E-state index in [4.69, 9.17) is 0 Å². The minimum absolute atomic E-state index is 0.278. The van der Waals surface area contributed by atoms with E-state index >= 15 is 0 Å². The maximum Gasteiger partial charge on any atom is 0.244 e. The molecule has 2 aromatic heterocycles. The molecule has 0 aliphatic carbocycles. The van der Waals surface area contributed by atoms with Crippen molar-refractivity contribution in [1.29, 1.82) is 0 Å². The molecule has 0 unspecified atom stereocenters. The molecule has 116 valence electrons. The SMILES string of the molecule is Cc1nn(C)c(C)c1S(=O)(=O)NCCCn1nccc1C. The van der Waals surface area contributed by atoms with Crippen molar-refractivity contribution in [2.75, 3.05) is 6.54 Å². The fourth-order valence-corrected chi connectivity index (χ4v) is 3.79. The zero-order valence-electron chi connectivity index (χ0n) is 12.8. The van der Waals surface area contributed by atoms with E-state index < -0.39 is 10.0 Å². The number of rotatable bonds is 6. The average molecular weight is 311 g/mol. The largest absolute Gasteiger partial charge is 0.271 e. The van der Waals surface area contributed by atoms with Crippen molar-refractivity contribution in [3.05, 3.63) is 29.3 Å². The summed E-state index contributed by atoms with van der Waals surface area (Å²) in [6, 6.07) is 1.92. The molecular weight excluding hydrogens is 290 g/mol. The third kappa shape index (κ3) is 3.33. The van der Waals surface area contributed by atoms with E-state index in [1.807, 2.05) is 17.7 Å². The molecule has 21 heavy (non-hydrogen) atoms. The fraction of sp³-hybridized carbons (Fsp3) is 0.538. The van der Waals surface area contributed by atoms with Crippen molar-refractivity contribution in [2.45, 2.75) is 38.6 Å². The normalized spacial score (nSPS) is 12.0. The predicted molar refractivity (Wildman–Crippen MR) is 79.5 cm³/mol. The molecule has 0 fully saturated rings. The maximum absolute atomic E-state index is 12.3. The number of nitrogens with zero attached hydrogens (tertiary/aromatic N) is 4. The van der Waals surface area contributed by atoms with E-state index in [9.17, 15) is 8.42 Å². The Morgan fingerprint density at radius 2 is 2.00 bits per heavy atom. The lowest BCUT2D eigenvalue weighted by Crippen LogP contribution is -2.26. The van der Waals surface area contributed by atoms with Gasteiger partial charge in [-0.3, -0.25) is 9.36 Å². The number of nitrogens with one attached hydrogen (secondary N) is 1. The molecule has 0 amide bonds. The van der Waals surface area contributed by atoms with Gasteiger partial charge < -0.3 is 0 Å². The van der Waals surface area contributed by atoms with Crippen LogP contribution in [0.15, 0.2) is 17.2 Å². The highest BCUT2D eigenvalue weighted by Crippen LogP contribution is 2.18. The Bertz CT molecular complexity index is 730. The quantitative estimate of drug-likeness (QED) is 0.804. The fourth-order valence-electron chi connectivity index (χ4n) is 2.28. The Hall–Kier alpha value is -1.67. The van der Waals surface area contributed by atoms with Crippen molar-refractivity contribution in [2.24, 2.45) is 7.05 Å². The topological polar surface area (TPSA) is 81.8 Å². The Balaban J connectivity index is 1.97. The van der Waals surface area contributed by atoms with Crippen LogP contribution in [-0.4, -0.2) is 34.5 Å². The lowest BCUT2D eigenvalue weighted by molar-refractivity contribution is 0.545. The van der Waals surface area contributed by atoms with Gasteiger partial charge in [0.25, 0.3) is 0 Å². The molecule has 0 atom stereocenters. The van der Waals surface area contributed by atoms with Crippen LogP contribution >= 0.6 is 0 Å². The monoisotopic (exact) mass is 311 g/mol. The van der Waals surface area contributed by atoms with E-state index in [2.05, 4.69) is 14.9 Å². The molecule has 2 rings (SSSR count). The summed E-state index contributed by atoms with van der Waals surface area (Å²) in [6.07, 6.45) is 2.42. The number of hydrogen-bond donors (Lipinski definition) is 1. The summed E-state index contributed by atoms with van der Waals surface area (Å²) >= 11 is 0. The molecule has 0 spiro atoms. The summed E-state index contributed by atoms with van der Waals surface area (Å²) in [5.41, 5.74) is 2.23. The summed E-state index contributed by atoms with van der Waals surface area (Å²) in [6.45, 7) is 6.48. The molecule has 0 aliphatic rings. The van der Waals surface area contributed by atoms with Crippen LogP contribution in [0.2, 0.25) is 0 Å². The van der Waals surface area contributed by atoms with Crippen LogP contribution in [-0.2, 0) is 23.6 Å². The van der Waals surface area contributed by atoms with Crippen molar-refractivity contribution in [1.82, 2.24) is 24.3 Å². The molecule has 0 saturated carbocycles. The molecule has 8 heteroatoms. The zero-order valence-corrected chi connectivity index (χ0v) is 13.6. The van der Waals surface area contributed by atoms with Crippen molar-refractivity contribution in [3.8, 4) is 0 Å². The highest BCUT2D eigenvalue weighted by molar-refractivity contribution is 7.89. The molecule has 2 aromatic rings. The molecule has 0 aliphatic heterocycles. The highest BCUT2D eigenvalue weighted by Gasteiger charge is 2.23. The molecule has 1 N–H and O–H groups in total. The number of hydrogen-bond acceptors (Lipinski definition) is 4. The lowest BCUT2D eigenvalue weighted by atomic mass is 10.4. The van der Waals surface area contributed by atoms with E-state index in [-0.39, 0.29) is 4.90 Å². The number of aryl methyl sites for hydroxylation is 4. The first-order valence-corrected chi connectivity index (χ1v) is 8.29. The second kappa shape index (κ2) is 5.98. The number of sulfonamides is 1. The van der Waals surface area contributed by atoms with Gasteiger partial charge in [0.05, 0.1) is 11.4 Å². The third-order valence-electron chi connectivity index (χ3n) is 3.48. The van der Waals surface area contributed by atoms with Gasteiger partial charge in [-0.15, -0.1) is 0 Å². The standard InChI is InChI=1S/C13H21N5O2S/c1-10-6-8-14-18(10)9-5-7-15-21(19,20)13-11(2)16-17(4)12(13)3/h6,8,15H,5,7,9H2,1-4H3. The van der Waals surface area contributed by atoms with Crippen LogP contribution in [0.3, 0.4) is 0 Å². The van der Waals surface area contributed by atoms with Gasteiger partial charge in [-0.25, -0.2) is 13.1 Å². The minimum atomic E-state index is -3.51. The van der Waals surface area contributed by atoms with Crippen LogP contribution in [0.5, 0.6) is 0 Å². The van der Waals surface area contributed by atoms with Gasteiger partial charge in [0.15, 0.2) is 0 Å². The lowest BCUT2D eigenvalue weighted by Gasteiger charge is -2.08. The minimum Gasteiger partial charge on any atom is -0.271 e. The second-order valence-corrected chi connectivity index (χ2v) is 6.77. The summed E-state index contributed by atoms with van der Waals surface area (Å²) in [5.74, 6) is 0. The molecular formula is C13H21N5O2S. The van der Waals surface area contributed by atoms with Gasteiger partial charge >= 0.3 is 0 Å². The van der Waals surface area contributed by atoms with E-state index in [0.29, 0.717) is 30.9 Å². The summed E-state index contributed by atoms with van der Waals surface area (Å²) in [4.78, 5) is 0.278. The maximum atomic E-state index is 12.3. The highest BCUT2D eigenvalue weighted by atomic mass is 32.2. The van der Waals surface area contributed by atoms with Gasteiger partial charge in [0.1, 0.15) is 4.90 Å². The Kier molecular flexibility index (Phi) is 4.48. The van der Waals surface area contributed by atoms with Crippen LogP contribution < -0.4 is 4.72 Å². The molecule has 0 saturated heterocycles. The van der Waals surface area contributed by atoms with E-state index in [1.54, 1.807) is 31.8 Å². The smallest absolute Gasteiger partial charge is 0.244 e. The van der Waals surface area contributed by atoms with E-state index in [1.165, 1.54) is 0 Å². The van der Waals surface area contributed by atoms with Crippen molar-refractivity contribution >= 4 is 10.0 Å². The first-order chi connectivity index (χ1) is 9.83. The molecule has 0 radical (unpaired) electrons. The van der Waals surface area contributed by atoms with Gasteiger partial charge in [-0.1, -0.05) is 0 Å². The Morgan fingerprint density at radius 1 is 1.29 bits per heavy atom. The van der Waals surface area contributed by atoms with Crippen molar-refractivity contribution < 1.29 is 8.42 Å². The van der Waals surface area contributed by atoms with Gasteiger partial charge in [-0.2, -0.15) is 10.2 Å². The summed E-state index contributed by atoms with van der Waals surface area (Å²) in [5, 5.41) is 8.31. The second-order valence-electron chi connectivity index (χ2n) is 5.07. The van der Waals surface area contributed by atoms with Crippen molar-refractivity contribution in [3.63, 3.8) is 0 Å². The third-order valence-corrected chi connectivity index (χ3v) is 5.19. The molecule has 2 heterocycles. The average Bonchev–Trinajstić information content (AvgIpc) is 2.90. The summed E-state index contributed by atoms with van der Waals surface area (Å²) < 4.78 is 30.7. The Labute approximate surface area is 125 Å². The van der Waals surface area contributed by atoms with Gasteiger partial charge in [0.2, 0.25) is 10.0 Å². The van der Waals surface area contributed by atoms with Crippen LogP contribution in [0.1, 0.15) is 23.5 Å². The molecule has 0 bridgehead atoms. The van der Waals surface area contributed by atoms with Crippen LogP contribution in [0.25, 0.3) is 0 Å². The number of aromatic nitrogens is 4. The summed E-state index contributed by atoms with van der Waals surface area (Å²) in [7, 11) is -1.78. The van der Waals surface area contributed by atoms with Gasteiger partial charge in [-0.05, 0) is 33.3 Å². The predicted octanol–water partition coefficient (Wildman–Crippen LogP) is 0.910. The first kappa shape index (κ1) is 15.7. The van der Waals surface area contributed by atoms with Gasteiger partial charge in [0, 0.05) is 32.0 Å². The molecule has 0 aromatic carbocycles.